The number of H-pyrrole nitrogens is 1. The average Bonchev–Trinajstić information content (AvgIpc) is 2.80. The minimum absolute atomic E-state index is 0.0673. The number of fused-ring (bicyclic) bond motifs is 1. The summed E-state index contributed by atoms with van der Waals surface area (Å²) in [6.07, 6.45) is 0. The molecule has 106 valence electrons. The van der Waals surface area contributed by atoms with Crippen molar-refractivity contribution in [2.75, 3.05) is 5.32 Å². The minimum Gasteiger partial charge on any atom is -0.342 e. The Hall–Kier alpha value is -2.76. The summed E-state index contributed by atoms with van der Waals surface area (Å²) >= 11 is 0. The molecule has 1 amide bonds. The molecule has 0 bridgehead atoms. The summed E-state index contributed by atoms with van der Waals surface area (Å²) in [6.45, 7) is 1.81. The van der Waals surface area contributed by atoms with Crippen LogP contribution in [0.5, 0.6) is 0 Å². The van der Waals surface area contributed by atoms with Crippen LogP contribution in [0.2, 0.25) is 0 Å². The molecule has 1 aromatic heterocycles. The van der Waals surface area contributed by atoms with Gasteiger partial charge in [-0.05, 0) is 37.3 Å². The highest BCUT2D eigenvalue weighted by molar-refractivity contribution is 6.05. The van der Waals surface area contributed by atoms with Crippen molar-refractivity contribution >= 4 is 22.6 Å². The van der Waals surface area contributed by atoms with E-state index in [4.69, 9.17) is 0 Å². The number of imidazole rings is 1. The maximum Gasteiger partial charge on any atom is 0.255 e. The van der Waals surface area contributed by atoms with E-state index in [0.29, 0.717) is 5.56 Å². The van der Waals surface area contributed by atoms with Gasteiger partial charge in [-0.25, -0.2) is 13.8 Å². The van der Waals surface area contributed by atoms with E-state index in [0.717, 1.165) is 29.0 Å². The van der Waals surface area contributed by atoms with Gasteiger partial charge in [0, 0.05) is 11.6 Å². The number of nitrogens with one attached hydrogen (secondary N) is 2. The fourth-order valence-electron chi connectivity index (χ4n) is 2.06. The number of carbonyl (C=O) groups is 1. The van der Waals surface area contributed by atoms with E-state index < -0.39 is 17.5 Å². The largest absolute Gasteiger partial charge is 0.342 e. The number of hydrogen-bond acceptors (Lipinski definition) is 2. The van der Waals surface area contributed by atoms with E-state index in [9.17, 15) is 13.6 Å². The smallest absolute Gasteiger partial charge is 0.255 e. The standard InChI is InChI=1S/C15H11F2N3O/c1-8-18-13-4-2-9(6-14(13)19-8)15(21)20-12-5-3-10(16)7-11(12)17/h2-7H,1H3,(H,18,19)(H,20,21). The maximum absolute atomic E-state index is 13.5. The van der Waals surface area contributed by atoms with Crippen LogP contribution in [0.4, 0.5) is 14.5 Å². The van der Waals surface area contributed by atoms with Gasteiger partial charge < -0.3 is 10.3 Å². The van der Waals surface area contributed by atoms with Crippen molar-refractivity contribution in [3.63, 3.8) is 0 Å². The lowest BCUT2D eigenvalue weighted by Crippen LogP contribution is -2.13. The Morgan fingerprint density at radius 2 is 2.00 bits per heavy atom. The van der Waals surface area contributed by atoms with Crippen molar-refractivity contribution in [3.05, 3.63) is 59.4 Å². The Morgan fingerprint density at radius 1 is 1.19 bits per heavy atom. The Labute approximate surface area is 118 Å². The summed E-state index contributed by atoms with van der Waals surface area (Å²) in [4.78, 5) is 19.4. The van der Waals surface area contributed by atoms with Gasteiger partial charge in [-0.15, -0.1) is 0 Å². The first-order valence-electron chi connectivity index (χ1n) is 6.26. The summed E-state index contributed by atoms with van der Waals surface area (Å²) < 4.78 is 26.3. The summed E-state index contributed by atoms with van der Waals surface area (Å²) in [7, 11) is 0. The molecular weight excluding hydrogens is 276 g/mol. The average molecular weight is 287 g/mol. The van der Waals surface area contributed by atoms with E-state index in [1.165, 1.54) is 6.07 Å². The predicted molar refractivity (Wildman–Crippen MR) is 75.1 cm³/mol. The van der Waals surface area contributed by atoms with Gasteiger partial charge >= 0.3 is 0 Å². The molecule has 0 aliphatic heterocycles. The van der Waals surface area contributed by atoms with Gasteiger partial charge in [0.25, 0.3) is 5.91 Å². The zero-order chi connectivity index (χ0) is 15.0. The molecule has 0 radical (unpaired) electrons. The Balaban J connectivity index is 1.89. The zero-order valence-corrected chi connectivity index (χ0v) is 11.1. The second-order valence-electron chi connectivity index (χ2n) is 4.63. The molecule has 21 heavy (non-hydrogen) atoms. The highest BCUT2D eigenvalue weighted by atomic mass is 19.1. The van der Waals surface area contributed by atoms with Gasteiger partial charge in [0.1, 0.15) is 17.5 Å². The number of amides is 1. The second-order valence-corrected chi connectivity index (χ2v) is 4.63. The normalized spacial score (nSPS) is 10.8. The van der Waals surface area contributed by atoms with Crippen molar-refractivity contribution in [1.29, 1.82) is 0 Å². The minimum atomic E-state index is -0.818. The van der Waals surface area contributed by atoms with Crippen LogP contribution >= 0.6 is 0 Å². The second kappa shape index (κ2) is 4.97. The lowest BCUT2D eigenvalue weighted by atomic mass is 10.2. The monoisotopic (exact) mass is 287 g/mol. The fourth-order valence-corrected chi connectivity index (χ4v) is 2.06. The van der Waals surface area contributed by atoms with E-state index in [2.05, 4.69) is 15.3 Å². The molecule has 6 heteroatoms. The highest BCUT2D eigenvalue weighted by Gasteiger charge is 2.11. The molecule has 2 aromatic carbocycles. The number of hydrogen-bond donors (Lipinski definition) is 2. The first kappa shape index (κ1) is 13.2. The van der Waals surface area contributed by atoms with Crippen LogP contribution in [0, 0.1) is 18.6 Å². The maximum atomic E-state index is 13.5. The van der Waals surface area contributed by atoms with Crippen molar-refractivity contribution in [1.82, 2.24) is 9.97 Å². The summed E-state index contributed by atoms with van der Waals surface area (Å²) in [6, 6.07) is 7.92. The lowest BCUT2D eigenvalue weighted by molar-refractivity contribution is 0.102. The topological polar surface area (TPSA) is 57.8 Å². The Kier molecular flexibility index (Phi) is 3.13. The van der Waals surface area contributed by atoms with Crippen LogP contribution in [-0.4, -0.2) is 15.9 Å². The van der Waals surface area contributed by atoms with Gasteiger partial charge in [-0.1, -0.05) is 0 Å². The molecule has 0 fully saturated rings. The van der Waals surface area contributed by atoms with Gasteiger partial charge in [-0.3, -0.25) is 4.79 Å². The van der Waals surface area contributed by atoms with E-state index >= 15 is 0 Å². The number of nitrogens with zero attached hydrogens (tertiary/aromatic N) is 1. The summed E-state index contributed by atoms with van der Waals surface area (Å²) in [5, 5.41) is 2.41. The van der Waals surface area contributed by atoms with Crippen LogP contribution in [0.3, 0.4) is 0 Å². The Bertz CT molecular complexity index is 842. The van der Waals surface area contributed by atoms with Crippen LogP contribution in [-0.2, 0) is 0 Å². The third-order valence-electron chi connectivity index (χ3n) is 3.04. The first-order valence-corrected chi connectivity index (χ1v) is 6.26. The lowest BCUT2D eigenvalue weighted by Gasteiger charge is -2.06. The Morgan fingerprint density at radius 3 is 2.76 bits per heavy atom. The third kappa shape index (κ3) is 2.60. The number of rotatable bonds is 2. The van der Waals surface area contributed by atoms with Crippen LogP contribution in [0.25, 0.3) is 11.0 Å². The SMILES string of the molecule is Cc1nc2ccc(C(=O)Nc3ccc(F)cc3F)cc2[nH]1. The first-order chi connectivity index (χ1) is 10.0. The number of aryl methyl sites for hydroxylation is 1. The summed E-state index contributed by atoms with van der Waals surface area (Å²) in [5.41, 5.74) is 1.76. The molecule has 3 aromatic rings. The molecule has 3 rings (SSSR count). The number of benzene rings is 2. The molecule has 4 nitrogen and oxygen atoms in total. The number of aromatic amines is 1. The van der Waals surface area contributed by atoms with Gasteiger partial charge in [0.15, 0.2) is 0 Å². The summed E-state index contributed by atoms with van der Waals surface area (Å²) in [5.74, 6) is -1.25. The van der Waals surface area contributed by atoms with E-state index in [1.807, 2.05) is 6.92 Å². The number of aromatic nitrogens is 2. The molecule has 0 saturated heterocycles. The van der Waals surface area contributed by atoms with Crippen LogP contribution in [0.1, 0.15) is 16.2 Å². The molecular formula is C15H11F2N3O. The van der Waals surface area contributed by atoms with Gasteiger partial charge in [-0.2, -0.15) is 0 Å². The van der Waals surface area contributed by atoms with E-state index in [-0.39, 0.29) is 5.69 Å². The molecule has 0 unspecified atom stereocenters. The fraction of sp³-hybridized carbons (Fsp3) is 0.0667. The molecule has 0 atom stereocenters. The number of anilines is 1. The van der Waals surface area contributed by atoms with Crippen molar-refractivity contribution < 1.29 is 13.6 Å². The third-order valence-corrected chi connectivity index (χ3v) is 3.04. The number of halogens is 2. The quantitative estimate of drug-likeness (QED) is 0.759. The molecule has 0 saturated carbocycles. The van der Waals surface area contributed by atoms with Crippen molar-refractivity contribution in [2.45, 2.75) is 6.92 Å². The van der Waals surface area contributed by atoms with Gasteiger partial charge in [0.2, 0.25) is 0 Å². The van der Waals surface area contributed by atoms with Gasteiger partial charge in [0.05, 0.1) is 16.7 Å². The molecule has 0 aliphatic rings. The van der Waals surface area contributed by atoms with Crippen molar-refractivity contribution in [2.24, 2.45) is 0 Å². The molecule has 0 spiro atoms. The number of carbonyl (C=O) groups excluding carboxylic acids is 1. The van der Waals surface area contributed by atoms with Crippen LogP contribution in [0.15, 0.2) is 36.4 Å². The highest BCUT2D eigenvalue weighted by Crippen LogP contribution is 2.18. The van der Waals surface area contributed by atoms with Crippen LogP contribution < -0.4 is 5.32 Å². The van der Waals surface area contributed by atoms with Crippen molar-refractivity contribution in [3.8, 4) is 0 Å². The molecule has 0 aliphatic carbocycles. The molecule has 1 heterocycles. The molecule has 2 N–H and O–H groups in total. The zero-order valence-electron chi connectivity index (χ0n) is 11.1. The van der Waals surface area contributed by atoms with E-state index in [1.54, 1.807) is 18.2 Å². The predicted octanol–water partition coefficient (Wildman–Crippen LogP) is 3.40.